The van der Waals surface area contributed by atoms with Crippen LogP contribution in [0, 0.1) is 0 Å². The molecule has 0 unspecified atom stereocenters. The maximum Gasteiger partial charge on any atom is 0.236 e. The molecule has 2 fully saturated rings. The van der Waals surface area contributed by atoms with Crippen molar-refractivity contribution in [3.63, 3.8) is 0 Å². The SMILES string of the molecule is O=C(CNC1(CO)CCCC1)N1CCCCCC1. The smallest absolute Gasteiger partial charge is 0.236 e. The van der Waals surface area contributed by atoms with Crippen molar-refractivity contribution in [2.75, 3.05) is 26.2 Å². The first-order valence-corrected chi connectivity index (χ1v) is 7.39. The predicted octanol–water partition coefficient (Wildman–Crippen LogP) is 1.28. The molecule has 0 atom stereocenters. The van der Waals surface area contributed by atoms with Crippen molar-refractivity contribution in [1.82, 2.24) is 10.2 Å². The molecule has 104 valence electrons. The Bertz CT molecular complexity index is 267. The van der Waals surface area contributed by atoms with Crippen molar-refractivity contribution in [1.29, 1.82) is 0 Å². The van der Waals surface area contributed by atoms with Crippen LogP contribution in [0.15, 0.2) is 0 Å². The van der Waals surface area contributed by atoms with Gasteiger partial charge in [0.05, 0.1) is 13.2 Å². The summed E-state index contributed by atoms with van der Waals surface area (Å²) in [6, 6.07) is 0. The Morgan fingerprint density at radius 1 is 1.06 bits per heavy atom. The molecule has 4 heteroatoms. The molecule has 0 spiro atoms. The van der Waals surface area contributed by atoms with Gasteiger partial charge in [-0.2, -0.15) is 0 Å². The molecule has 1 aliphatic heterocycles. The number of carbonyl (C=O) groups excluding carboxylic acids is 1. The van der Waals surface area contributed by atoms with Gasteiger partial charge in [-0.1, -0.05) is 25.7 Å². The third-order valence-electron chi connectivity index (χ3n) is 4.44. The summed E-state index contributed by atoms with van der Waals surface area (Å²) in [4.78, 5) is 14.1. The number of aliphatic hydroxyl groups is 1. The van der Waals surface area contributed by atoms with Gasteiger partial charge < -0.3 is 15.3 Å². The summed E-state index contributed by atoms with van der Waals surface area (Å²) in [6.45, 7) is 2.36. The van der Waals surface area contributed by atoms with Gasteiger partial charge in [0.2, 0.25) is 5.91 Å². The minimum Gasteiger partial charge on any atom is -0.394 e. The zero-order chi connectivity index (χ0) is 12.8. The summed E-state index contributed by atoms with van der Waals surface area (Å²) < 4.78 is 0. The fourth-order valence-electron chi connectivity index (χ4n) is 3.14. The van der Waals surface area contributed by atoms with E-state index in [1.807, 2.05) is 4.90 Å². The van der Waals surface area contributed by atoms with Crippen molar-refractivity contribution in [3.8, 4) is 0 Å². The third kappa shape index (κ3) is 3.45. The van der Waals surface area contributed by atoms with Crippen LogP contribution >= 0.6 is 0 Å². The molecule has 1 saturated heterocycles. The van der Waals surface area contributed by atoms with Gasteiger partial charge in [0.1, 0.15) is 0 Å². The highest BCUT2D eigenvalue weighted by Gasteiger charge is 2.33. The van der Waals surface area contributed by atoms with Gasteiger partial charge in [-0.3, -0.25) is 4.79 Å². The van der Waals surface area contributed by atoms with Gasteiger partial charge in [-0.05, 0) is 25.7 Å². The Kier molecular flexibility index (Phi) is 5.01. The molecule has 0 aromatic carbocycles. The fraction of sp³-hybridized carbons (Fsp3) is 0.929. The summed E-state index contributed by atoms with van der Waals surface area (Å²) in [5.74, 6) is 0.205. The maximum atomic E-state index is 12.1. The molecule has 1 saturated carbocycles. The van der Waals surface area contributed by atoms with Crippen LogP contribution < -0.4 is 5.32 Å². The number of aliphatic hydroxyl groups excluding tert-OH is 1. The van der Waals surface area contributed by atoms with E-state index in [-0.39, 0.29) is 18.1 Å². The second-order valence-electron chi connectivity index (χ2n) is 5.79. The molecular formula is C14H26N2O2. The fourth-order valence-corrected chi connectivity index (χ4v) is 3.14. The van der Waals surface area contributed by atoms with Crippen LogP contribution in [0.4, 0.5) is 0 Å². The molecular weight excluding hydrogens is 228 g/mol. The number of nitrogens with zero attached hydrogens (tertiary/aromatic N) is 1. The molecule has 0 bridgehead atoms. The zero-order valence-corrected chi connectivity index (χ0v) is 11.3. The number of hydrogen-bond acceptors (Lipinski definition) is 3. The lowest BCUT2D eigenvalue weighted by Gasteiger charge is -2.29. The van der Waals surface area contributed by atoms with Crippen molar-refractivity contribution >= 4 is 5.91 Å². The van der Waals surface area contributed by atoms with Crippen molar-refractivity contribution in [3.05, 3.63) is 0 Å². The Hall–Kier alpha value is -0.610. The molecule has 2 aliphatic rings. The highest BCUT2D eigenvalue weighted by molar-refractivity contribution is 5.78. The lowest BCUT2D eigenvalue weighted by Crippen LogP contribution is -2.50. The van der Waals surface area contributed by atoms with Crippen LogP contribution in [0.1, 0.15) is 51.4 Å². The molecule has 2 rings (SSSR count). The molecule has 4 nitrogen and oxygen atoms in total. The van der Waals surface area contributed by atoms with Crippen LogP contribution in [0.5, 0.6) is 0 Å². The average Bonchev–Trinajstić information content (AvgIpc) is 2.70. The Balaban J connectivity index is 1.79. The molecule has 1 amide bonds. The lowest BCUT2D eigenvalue weighted by atomic mass is 9.99. The van der Waals surface area contributed by atoms with E-state index >= 15 is 0 Å². The van der Waals surface area contributed by atoms with Gasteiger partial charge in [0.25, 0.3) is 0 Å². The standard InChI is InChI=1S/C14H26N2O2/c17-12-14(7-3-4-8-14)15-11-13(18)16-9-5-1-2-6-10-16/h15,17H,1-12H2. The average molecular weight is 254 g/mol. The molecule has 1 aliphatic carbocycles. The van der Waals surface area contributed by atoms with Gasteiger partial charge in [-0.25, -0.2) is 0 Å². The van der Waals surface area contributed by atoms with Crippen LogP contribution in [-0.4, -0.2) is 47.7 Å². The van der Waals surface area contributed by atoms with Crippen LogP contribution in [0.3, 0.4) is 0 Å². The maximum absolute atomic E-state index is 12.1. The van der Waals surface area contributed by atoms with E-state index in [4.69, 9.17) is 0 Å². The summed E-state index contributed by atoms with van der Waals surface area (Å²) in [7, 11) is 0. The summed E-state index contributed by atoms with van der Waals surface area (Å²) >= 11 is 0. The van der Waals surface area contributed by atoms with E-state index in [1.54, 1.807) is 0 Å². The highest BCUT2D eigenvalue weighted by Crippen LogP contribution is 2.28. The van der Waals surface area contributed by atoms with Crippen LogP contribution in [0.2, 0.25) is 0 Å². The first kappa shape index (κ1) is 13.8. The second-order valence-corrected chi connectivity index (χ2v) is 5.79. The van der Waals surface area contributed by atoms with E-state index in [0.29, 0.717) is 6.54 Å². The monoisotopic (exact) mass is 254 g/mol. The molecule has 18 heavy (non-hydrogen) atoms. The number of nitrogens with one attached hydrogen (secondary N) is 1. The minimum absolute atomic E-state index is 0.153. The van der Waals surface area contributed by atoms with Gasteiger partial charge >= 0.3 is 0 Å². The number of carbonyl (C=O) groups is 1. The van der Waals surface area contributed by atoms with E-state index < -0.39 is 0 Å². The largest absolute Gasteiger partial charge is 0.394 e. The topological polar surface area (TPSA) is 52.6 Å². The molecule has 2 N–H and O–H groups in total. The predicted molar refractivity (Wildman–Crippen MR) is 71.3 cm³/mol. The van der Waals surface area contributed by atoms with Crippen LogP contribution in [0.25, 0.3) is 0 Å². The first-order chi connectivity index (χ1) is 8.76. The quantitative estimate of drug-likeness (QED) is 0.794. The first-order valence-electron chi connectivity index (χ1n) is 7.39. The number of amides is 1. The Morgan fingerprint density at radius 2 is 1.67 bits per heavy atom. The number of hydrogen-bond donors (Lipinski definition) is 2. The molecule has 0 aromatic rings. The van der Waals surface area contributed by atoms with Gasteiger partial charge in [-0.15, -0.1) is 0 Å². The molecule has 1 heterocycles. The molecule has 0 radical (unpaired) electrons. The number of rotatable bonds is 4. The zero-order valence-electron chi connectivity index (χ0n) is 11.3. The summed E-state index contributed by atoms with van der Waals surface area (Å²) in [6.07, 6.45) is 9.08. The van der Waals surface area contributed by atoms with E-state index in [2.05, 4.69) is 5.32 Å². The lowest BCUT2D eigenvalue weighted by molar-refractivity contribution is -0.130. The Labute approximate surface area is 110 Å². The number of likely N-dealkylation sites (tertiary alicyclic amines) is 1. The highest BCUT2D eigenvalue weighted by atomic mass is 16.3. The van der Waals surface area contributed by atoms with Crippen LogP contribution in [-0.2, 0) is 4.79 Å². The second kappa shape index (κ2) is 6.53. The normalized spacial score (nSPS) is 23.9. The van der Waals surface area contributed by atoms with E-state index in [0.717, 1.165) is 51.6 Å². The van der Waals surface area contributed by atoms with Crippen molar-refractivity contribution in [2.45, 2.75) is 56.9 Å². The van der Waals surface area contributed by atoms with Gasteiger partial charge in [0.15, 0.2) is 0 Å². The van der Waals surface area contributed by atoms with Gasteiger partial charge in [0, 0.05) is 18.6 Å². The summed E-state index contributed by atoms with van der Waals surface area (Å²) in [5, 5.41) is 12.8. The van der Waals surface area contributed by atoms with E-state index in [9.17, 15) is 9.90 Å². The Morgan fingerprint density at radius 3 is 2.22 bits per heavy atom. The van der Waals surface area contributed by atoms with Crippen molar-refractivity contribution in [2.24, 2.45) is 0 Å². The minimum atomic E-state index is -0.179. The van der Waals surface area contributed by atoms with Crippen molar-refractivity contribution < 1.29 is 9.90 Å². The third-order valence-corrected chi connectivity index (χ3v) is 4.44. The van der Waals surface area contributed by atoms with E-state index in [1.165, 1.54) is 12.8 Å². The molecule has 0 aromatic heterocycles. The summed E-state index contributed by atoms with van der Waals surface area (Å²) in [5.41, 5.74) is -0.179.